The number of halogens is 2. The van der Waals surface area contributed by atoms with Gasteiger partial charge in [-0.15, -0.1) is 0 Å². The van der Waals surface area contributed by atoms with Crippen LogP contribution < -0.4 is 15.5 Å². The van der Waals surface area contributed by atoms with Crippen molar-refractivity contribution in [2.45, 2.75) is 13.0 Å². The summed E-state index contributed by atoms with van der Waals surface area (Å²) in [6.07, 6.45) is 0. The van der Waals surface area contributed by atoms with Crippen LogP contribution in [0.3, 0.4) is 0 Å². The average molecular weight is 409 g/mol. The molecule has 2 atom stereocenters. The van der Waals surface area contributed by atoms with Crippen LogP contribution in [0, 0.1) is 5.82 Å². The molecule has 0 heterocycles. The summed E-state index contributed by atoms with van der Waals surface area (Å²) < 4.78 is 14.4. The van der Waals surface area contributed by atoms with Crippen molar-refractivity contribution in [1.29, 1.82) is 0 Å². The van der Waals surface area contributed by atoms with Crippen LogP contribution in [0.1, 0.15) is 6.92 Å². The SMILES string of the molecule is C[C@@H](C(=O)Nc1ccccc1F)[NH+](C)CC(=O)Nc1ccccc1Br. The number of carbonyl (C=O) groups is 2. The molecule has 0 fully saturated rings. The largest absolute Gasteiger partial charge is 0.320 e. The molecule has 0 bridgehead atoms. The lowest BCUT2D eigenvalue weighted by Gasteiger charge is -2.21. The van der Waals surface area contributed by atoms with Crippen LogP contribution in [-0.4, -0.2) is 31.4 Å². The maximum atomic E-state index is 13.6. The lowest BCUT2D eigenvalue weighted by molar-refractivity contribution is -0.885. The third-order valence-corrected chi connectivity index (χ3v) is 4.54. The van der Waals surface area contributed by atoms with Crippen molar-refractivity contribution in [3.8, 4) is 0 Å². The van der Waals surface area contributed by atoms with Crippen molar-refractivity contribution in [1.82, 2.24) is 0 Å². The standard InChI is InChI=1S/C18H19BrFN3O2/c1-12(18(25)22-16-10-6-4-8-14(16)20)23(2)11-17(24)21-15-9-5-3-7-13(15)19/h3-10,12H,11H2,1-2H3,(H,21,24)(H,22,25)/p+1/t12-/m0/s1. The molecule has 2 aromatic carbocycles. The minimum Gasteiger partial charge on any atom is -0.320 e. The Kier molecular flexibility index (Phi) is 6.66. The van der Waals surface area contributed by atoms with E-state index in [-0.39, 0.29) is 24.0 Å². The Labute approximate surface area is 154 Å². The number of rotatable bonds is 6. The van der Waals surface area contributed by atoms with Gasteiger partial charge in [0.05, 0.1) is 18.4 Å². The van der Waals surface area contributed by atoms with E-state index in [4.69, 9.17) is 0 Å². The molecule has 3 N–H and O–H groups in total. The number of nitrogens with one attached hydrogen (secondary N) is 3. The number of likely N-dealkylation sites (N-methyl/N-ethyl adjacent to an activating group) is 1. The summed E-state index contributed by atoms with van der Waals surface area (Å²) in [5, 5.41) is 5.34. The molecule has 7 heteroatoms. The molecular formula is C18H20BrFN3O2+. The highest BCUT2D eigenvalue weighted by Crippen LogP contribution is 2.20. The van der Waals surface area contributed by atoms with Crippen LogP contribution in [0.15, 0.2) is 53.0 Å². The van der Waals surface area contributed by atoms with E-state index < -0.39 is 11.9 Å². The summed E-state index contributed by atoms with van der Waals surface area (Å²) in [6.45, 7) is 1.80. The lowest BCUT2D eigenvalue weighted by Crippen LogP contribution is -3.14. The predicted octanol–water partition coefficient (Wildman–Crippen LogP) is 2.07. The zero-order chi connectivity index (χ0) is 18.4. The van der Waals surface area contributed by atoms with E-state index in [1.807, 2.05) is 18.2 Å². The molecule has 0 aromatic heterocycles. The van der Waals surface area contributed by atoms with Gasteiger partial charge in [0, 0.05) is 4.47 Å². The molecule has 0 aliphatic carbocycles. The molecule has 0 saturated carbocycles. The zero-order valence-corrected chi connectivity index (χ0v) is 15.6. The van der Waals surface area contributed by atoms with Gasteiger partial charge < -0.3 is 15.5 Å². The molecule has 1 unspecified atom stereocenters. The van der Waals surface area contributed by atoms with Gasteiger partial charge >= 0.3 is 0 Å². The third kappa shape index (κ3) is 5.37. The van der Waals surface area contributed by atoms with Gasteiger partial charge in [0.1, 0.15) is 5.82 Å². The van der Waals surface area contributed by atoms with Crippen LogP contribution in [-0.2, 0) is 9.59 Å². The fourth-order valence-electron chi connectivity index (χ4n) is 2.19. The Morgan fingerprint density at radius 1 is 1.08 bits per heavy atom. The maximum Gasteiger partial charge on any atom is 0.282 e. The molecule has 5 nitrogen and oxygen atoms in total. The molecule has 2 aromatic rings. The van der Waals surface area contributed by atoms with Crippen molar-refractivity contribution in [3.63, 3.8) is 0 Å². The second-order valence-electron chi connectivity index (χ2n) is 5.74. The van der Waals surface area contributed by atoms with E-state index >= 15 is 0 Å². The predicted molar refractivity (Wildman–Crippen MR) is 99.0 cm³/mol. The number of amides is 2. The monoisotopic (exact) mass is 408 g/mol. The van der Waals surface area contributed by atoms with Crippen molar-refractivity contribution < 1.29 is 18.9 Å². The fraction of sp³-hybridized carbons (Fsp3) is 0.222. The van der Waals surface area contributed by atoms with Crippen LogP contribution in [0.4, 0.5) is 15.8 Å². The minimum absolute atomic E-state index is 0.104. The summed E-state index contributed by atoms with van der Waals surface area (Å²) >= 11 is 3.37. The highest BCUT2D eigenvalue weighted by molar-refractivity contribution is 9.10. The molecule has 25 heavy (non-hydrogen) atoms. The summed E-state index contributed by atoms with van der Waals surface area (Å²) in [4.78, 5) is 25.1. The second-order valence-corrected chi connectivity index (χ2v) is 6.60. The Bertz CT molecular complexity index is 769. The molecule has 2 rings (SSSR count). The number of carbonyl (C=O) groups excluding carboxylic acids is 2. The summed E-state index contributed by atoms with van der Waals surface area (Å²) in [5.41, 5.74) is 0.800. The number of hydrogen-bond donors (Lipinski definition) is 3. The van der Waals surface area contributed by atoms with Crippen molar-refractivity contribution >= 4 is 39.1 Å². The smallest absolute Gasteiger partial charge is 0.282 e. The Morgan fingerprint density at radius 2 is 1.68 bits per heavy atom. The number of hydrogen-bond acceptors (Lipinski definition) is 2. The highest BCUT2D eigenvalue weighted by atomic mass is 79.9. The molecule has 0 saturated heterocycles. The van der Waals surface area contributed by atoms with Crippen LogP contribution in [0.5, 0.6) is 0 Å². The highest BCUT2D eigenvalue weighted by Gasteiger charge is 2.24. The molecule has 2 amide bonds. The first-order valence-electron chi connectivity index (χ1n) is 7.80. The number of benzene rings is 2. The first-order valence-corrected chi connectivity index (χ1v) is 8.60. The van der Waals surface area contributed by atoms with E-state index in [1.165, 1.54) is 12.1 Å². The topological polar surface area (TPSA) is 62.6 Å². The van der Waals surface area contributed by atoms with Gasteiger partial charge in [-0.25, -0.2) is 4.39 Å². The van der Waals surface area contributed by atoms with Gasteiger partial charge in [-0.05, 0) is 47.1 Å². The number of quaternary nitrogens is 1. The maximum absolute atomic E-state index is 13.6. The van der Waals surface area contributed by atoms with Crippen molar-refractivity contribution in [3.05, 3.63) is 58.8 Å². The molecule has 0 aliphatic heterocycles. The van der Waals surface area contributed by atoms with Crippen LogP contribution in [0.25, 0.3) is 0 Å². The third-order valence-electron chi connectivity index (χ3n) is 3.85. The van der Waals surface area contributed by atoms with E-state index in [9.17, 15) is 14.0 Å². The first-order chi connectivity index (χ1) is 11.9. The Hall–Kier alpha value is -2.25. The Morgan fingerprint density at radius 3 is 2.32 bits per heavy atom. The first kappa shape index (κ1) is 19.1. The van der Waals surface area contributed by atoms with Gasteiger partial charge in [-0.2, -0.15) is 0 Å². The number of anilines is 2. The summed E-state index contributed by atoms with van der Waals surface area (Å²) in [6, 6.07) is 12.7. The van der Waals surface area contributed by atoms with Gasteiger partial charge in [0.2, 0.25) is 0 Å². The summed E-state index contributed by atoms with van der Waals surface area (Å²) in [7, 11) is 1.74. The zero-order valence-electron chi connectivity index (χ0n) is 14.0. The van der Waals surface area contributed by atoms with Crippen LogP contribution in [0.2, 0.25) is 0 Å². The van der Waals surface area contributed by atoms with Crippen LogP contribution >= 0.6 is 15.9 Å². The van der Waals surface area contributed by atoms with E-state index in [0.29, 0.717) is 10.6 Å². The fourth-order valence-corrected chi connectivity index (χ4v) is 2.57. The van der Waals surface area contributed by atoms with Crippen molar-refractivity contribution in [2.75, 3.05) is 24.2 Å². The minimum atomic E-state index is -0.524. The molecular weight excluding hydrogens is 389 g/mol. The summed E-state index contributed by atoms with van der Waals surface area (Å²) in [5.74, 6) is -1.06. The average Bonchev–Trinajstić information content (AvgIpc) is 2.58. The van der Waals surface area contributed by atoms with E-state index in [0.717, 1.165) is 4.47 Å². The van der Waals surface area contributed by atoms with Crippen molar-refractivity contribution in [2.24, 2.45) is 0 Å². The quantitative estimate of drug-likeness (QED) is 0.684. The molecule has 132 valence electrons. The van der Waals surface area contributed by atoms with Gasteiger partial charge in [0.25, 0.3) is 11.8 Å². The van der Waals surface area contributed by atoms with E-state index in [1.54, 1.807) is 32.2 Å². The lowest BCUT2D eigenvalue weighted by atomic mass is 10.2. The molecule has 0 radical (unpaired) electrons. The van der Waals surface area contributed by atoms with Gasteiger partial charge in [-0.3, -0.25) is 9.59 Å². The van der Waals surface area contributed by atoms with E-state index in [2.05, 4.69) is 26.6 Å². The second kappa shape index (κ2) is 8.73. The molecule has 0 aliphatic rings. The van der Waals surface area contributed by atoms with Gasteiger partial charge in [-0.1, -0.05) is 24.3 Å². The normalized spacial score (nSPS) is 13.0. The Balaban J connectivity index is 1.92. The number of para-hydroxylation sites is 2. The molecule has 0 spiro atoms. The van der Waals surface area contributed by atoms with Gasteiger partial charge in [0.15, 0.2) is 12.6 Å².